The van der Waals surface area contributed by atoms with Gasteiger partial charge in [-0.1, -0.05) is 60.6 Å². The SMILES string of the molecule is CCCSc1nc(NCCSC)c2ncn(C3O[C@H](COP(=O)(O)OP(=O)(O)C(Cl)(Cl)P(C)(=O)O)[C@@H](O)[C@H]3O)c2n1.CCCSc1nc(NCCSC)c2ncn([C@@H]3O[C@H](COP(=O)(O)OC)[C@@H](O)[C@H]3O)c2n1. The van der Waals surface area contributed by atoms with Crippen molar-refractivity contribution in [2.75, 3.05) is 86.2 Å². The average Bonchev–Trinajstić information content (AvgIpc) is 4.09. The summed E-state index contributed by atoms with van der Waals surface area (Å²) in [5, 5.41) is 49.8. The van der Waals surface area contributed by atoms with E-state index in [4.69, 9.17) is 37.2 Å². The molecular formula is C35H58Cl2N10O18P4S4. The Bertz CT molecular complexity index is 2670. The summed E-state index contributed by atoms with van der Waals surface area (Å²) in [6.07, 6.45) is -2.15. The largest absolute Gasteiger partial charge is 0.479 e. The molecule has 0 amide bonds. The van der Waals surface area contributed by atoms with Crippen LogP contribution in [-0.4, -0.2) is 195 Å². The Morgan fingerprint density at radius 1 is 0.685 bits per heavy atom. The lowest BCUT2D eigenvalue weighted by Gasteiger charge is -2.28. The highest BCUT2D eigenvalue weighted by Crippen LogP contribution is 2.79. The number of aliphatic hydroxyl groups excluding tert-OH is 4. The van der Waals surface area contributed by atoms with Crippen LogP contribution >= 0.6 is 101 Å². The Hall–Kier alpha value is -0.960. The molecule has 2 aliphatic rings. The Kier molecular flexibility index (Phi) is 23.5. The van der Waals surface area contributed by atoms with Crippen molar-refractivity contribution in [2.45, 2.75) is 89.9 Å². The van der Waals surface area contributed by atoms with Gasteiger partial charge >= 0.3 is 23.2 Å². The number of ether oxygens (including phenoxy) is 2. The highest BCUT2D eigenvalue weighted by Gasteiger charge is 2.60. The Balaban J connectivity index is 0.000000279. The molecule has 0 bridgehead atoms. The predicted octanol–water partition coefficient (Wildman–Crippen LogP) is 4.52. The molecule has 4 aromatic heterocycles. The summed E-state index contributed by atoms with van der Waals surface area (Å²) in [6, 6.07) is 0. The van der Waals surface area contributed by atoms with Crippen molar-refractivity contribution >= 4 is 135 Å². The van der Waals surface area contributed by atoms with Crippen LogP contribution in [0.1, 0.15) is 39.1 Å². The number of hydrogen-bond donors (Lipinski definition) is 10. The van der Waals surface area contributed by atoms with E-state index in [0.29, 0.717) is 58.4 Å². The summed E-state index contributed by atoms with van der Waals surface area (Å²) in [4.78, 5) is 65.8. The lowest BCUT2D eigenvalue weighted by atomic mass is 10.1. The standard InChI is InChI=1S/C18H30Cl2N5O11P3S2.C17H28N5O7PS2/c1-4-6-41-17-23-14(21-5-7-40-3)11-15(24-17)25(9-22-11)16-13(27)12(26)10(35-16)8-34-39(32,33)36-38(30,31)18(19,20)37(2,28)29;1-4-6-32-17-20-14(18-5-7-31-3)11-15(21-17)22(9-19-11)16-13(24)12(23)10(29-16)8-28-30(25,26)27-2/h9-10,12-13,16,26-27H,4-8H2,1-3H3,(H,28,29)(H,30,31)(H,32,33)(H,21,23,24);9-10,12-13,16,23-24H,4-8H2,1-3H3,(H,25,26)(H,18,20,21)/t10-,12-,13-,16?;10-,12-,13-,16-/m11/s1. The third-order valence-electron chi connectivity index (χ3n) is 10.2. The number of nitrogens with zero attached hydrogens (tertiary/aromatic N) is 8. The van der Waals surface area contributed by atoms with Crippen molar-refractivity contribution in [3.8, 4) is 0 Å². The lowest BCUT2D eigenvalue weighted by Crippen LogP contribution is -2.33. The zero-order valence-corrected chi connectivity index (χ0v) is 48.1. The molecule has 2 saturated heterocycles. The van der Waals surface area contributed by atoms with Gasteiger partial charge in [-0.3, -0.25) is 31.8 Å². The molecule has 4 aromatic rings. The molecule has 2 aliphatic heterocycles. The summed E-state index contributed by atoms with van der Waals surface area (Å²) in [5.41, 5.74) is 1.62. The molecule has 0 aliphatic carbocycles. The first kappa shape index (κ1) is 62.9. The molecule has 0 saturated carbocycles. The second kappa shape index (κ2) is 27.3. The van der Waals surface area contributed by atoms with Crippen LogP contribution in [0.2, 0.25) is 0 Å². The number of phosphoric ester groups is 2. The van der Waals surface area contributed by atoms with Crippen LogP contribution in [0.25, 0.3) is 22.3 Å². The van der Waals surface area contributed by atoms with Crippen LogP contribution in [0.5, 0.6) is 0 Å². The van der Waals surface area contributed by atoms with Crippen molar-refractivity contribution in [3.05, 3.63) is 12.7 Å². The van der Waals surface area contributed by atoms with Gasteiger partial charge in [0.25, 0.3) is 3.82 Å². The van der Waals surface area contributed by atoms with Crippen LogP contribution in [0.4, 0.5) is 11.6 Å². The number of thioether (sulfide) groups is 4. The van der Waals surface area contributed by atoms with Crippen LogP contribution in [0.3, 0.4) is 0 Å². The number of phosphoric acid groups is 2. The van der Waals surface area contributed by atoms with E-state index in [0.717, 1.165) is 43.0 Å². The minimum absolute atomic E-state index is 0.286. The minimum Gasteiger partial charge on any atom is -0.387 e. The number of halogens is 2. The smallest absolute Gasteiger partial charge is 0.387 e. The minimum atomic E-state index is -5.64. The molecule has 0 spiro atoms. The topological polar surface area (TPSA) is 397 Å². The van der Waals surface area contributed by atoms with Gasteiger partial charge in [-0.15, -0.1) is 0 Å². The quantitative estimate of drug-likeness (QED) is 0.0129. The predicted molar refractivity (Wildman–Crippen MR) is 278 cm³/mol. The van der Waals surface area contributed by atoms with Gasteiger partial charge in [0.1, 0.15) is 36.6 Å². The number of hydrogen-bond acceptors (Lipinski definition) is 26. The van der Waals surface area contributed by atoms with Crippen LogP contribution < -0.4 is 10.6 Å². The maximum Gasteiger partial charge on any atom is 0.479 e. The number of imidazole rings is 2. The summed E-state index contributed by atoms with van der Waals surface area (Å²) >= 11 is 17.2. The number of alkyl halides is 2. The van der Waals surface area contributed by atoms with E-state index in [2.05, 4.69) is 60.8 Å². The summed E-state index contributed by atoms with van der Waals surface area (Å²) in [5.74, 6) is 4.33. The fraction of sp³-hybridized carbons (Fsp3) is 0.714. The second-order valence-electron chi connectivity index (χ2n) is 15.7. The first-order chi connectivity index (χ1) is 34.3. The maximum atomic E-state index is 12.4. The maximum absolute atomic E-state index is 12.4. The Morgan fingerprint density at radius 2 is 1.10 bits per heavy atom. The number of anilines is 2. The first-order valence-electron chi connectivity index (χ1n) is 21.7. The lowest BCUT2D eigenvalue weighted by molar-refractivity contribution is -0.0509. The molecule has 0 aromatic carbocycles. The van der Waals surface area contributed by atoms with E-state index >= 15 is 0 Å². The van der Waals surface area contributed by atoms with Crippen molar-refractivity contribution in [2.24, 2.45) is 0 Å². The molecule has 414 valence electrons. The fourth-order valence-electron chi connectivity index (χ4n) is 6.50. The van der Waals surface area contributed by atoms with Gasteiger partial charge in [-0.25, -0.2) is 43.3 Å². The molecule has 6 rings (SSSR count). The van der Waals surface area contributed by atoms with E-state index in [1.54, 1.807) is 23.5 Å². The molecular weight excluding hydrogens is 1170 g/mol. The number of nitrogens with one attached hydrogen (secondary N) is 2. The average molecular weight is 1230 g/mol. The molecule has 0 radical (unpaired) electrons. The monoisotopic (exact) mass is 1230 g/mol. The summed E-state index contributed by atoms with van der Waals surface area (Å²) in [7, 11) is -19.1. The fourth-order valence-corrected chi connectivity index (χ4v) is 13.7. The van der Waals surface area contributed by atoms with Gasteiger partial charge in [-0.2, -0.15) is 23.5 Å². The van der Waals surface area contributed by atoms with Gasteiger partial charge in [0, 0.05) is 49.9 Å². The highest BCUT2D eigenvalue weighted by atomic mass is 35.5. The third kappa shape index (κ3) is 15.9. The van der Waals surface area contributed by atoms with Gasteiger partial charge in [0.05, 0.1) is 25.9 Å². The van der Waals surface area contributed by atoms with E-state index in [1.807, 2.05) is 19.4 Å². The van der Waals surface area contributed by atoms with E-state index < -0.39 is 96.7 Å². The van der Waals surface area contributed by atoms with Crippen LogP contribution in [-0.2, 0) is 45.6 Å². The molecule has 73 heavy (non-hydrogen) atoms. The van der Waals surface area contributed by atoms with Gasteiger partial charge in [0.2, 0.25) is 7.37 Å². The summed E-state index contributed by atoms with van der Waals surface area (Å²) in [6.45, 7) is 4.54. The Labute approximate surface area is 445 Å². The molecule has 5 unspecified atom stereocenters. The molecule has 10 N–H and O–H groups in total. The summed E-state index contributed by atoms with van der Waals surface area (Å²) < 4.78 is 77.0. The zero-order valence-electron chi connectivity index (χ0n) is 39.8. The van der Waals surface area contributed by atoms with Crippen molar-refractivity contribution in [1.29, 1.82) is 0 Å². The van der Waals surface area contributed by atoms with Gasteiger partial charge in [-0.05, 0) is 25.4 Å². The van der Waals surface area contributed by atoms with Crippen molar-refractivity contribution in [3.63, 3.8) is 0 Å². The molecule has 38 heteroatoms. The molecule has 12 atom stereocenters. The second-order valence-corrected chi connectivity index (χ2v) is 30.1. The zero-order chi connectivity index (χ0) is 54.1. The van der Waals surface area contributed by atoms with E-state index in [-0.39, 0.29) is 5.65 Å². The number of rotatable bonds is 27. The molecule has 2 fully saturated rings. The first-order valence-corrected chi connectivity index (χ1v) is 33.9. The van der Waals surface area contributed by atoms with Crippen LogP contribution in [0, 0.1) is 0 Å². The van der Waals surface area contributed by atoms with Gasteiger partial charge < -0.3 is 60.1 Å². The van der Waals surface area contributed by atoms with Crippen molar-refractivity contribution < 1.29 is 85.6 Å². The number of aliphatic hydroxyl groups is 4. The van der Waals surface area contributed by atoms with Gasteiger partial charge in [0.15, 0.2) is 56.7 Å². The Morgan fingerprint density at radius 3 is 1.47 bits per heavy atom. The van der Waals surface area contributed by atoms with Crippen molar-refractivity contribution in [1.82, 2.24) is 39.0 Å². The molecule has 6 heterocycles. The van der Waals surface area contributed by atoms with Crippen LogP contribution in [0.15, 0.2) is 23.0 Å². The number of fused-ring (bicyclic) bond motifs is 2. The van der Waals surface area contributed by atoms with E-state index in [1.165, 1.54) is 45.3 Å². The van der Waals surface area contributed by atoms with E-state index in [9.17, 15) is 58.3 Å². The number of aromatic nitrogens is 8. The highest BCUT2D eigenvalue weighted by molar-refractivity contribution is 7.99. The normalized spacial score (nSPS) is 25.7. The molecule has 28 nitrogen and oxygen atoms in total. The third-order valence-corrected chi connectivity index (χ3v) is 23.3.